The summed E-state index contributed by atoms with van der Waals surface area (Å²) in [5.74, 6) is -2.96. The molecule has 36 heavy (non-hydrogen) atoms. The maximum atomic E-state index is 14.2. The zero-order chi connectivity index (χ0) is 25.8. The van der Waals surface area contributed by atoms with Gasteiger partial charge in [-0.25, -0.2) is 18.4 Å². The Kier molecular flexibility index (Phi) is 5.95. The minimum Gasteiger partial charge on any atom is -0.374 e. The van der Waals surface area contributed by atoms with Gasteiger partial charge in [0.05, 0.1) is 23.1 Å². The van der Waals surface area contributed by atoms with Crippen LogP contribution < -0.4 is 4.90 Å². The van der Waals surface area contributed by atoms with Crippen molar-refractivity contribution in [3.8, 4) is 0 Å². The van der Waals surface area contributed by atoms with Gasteiger partial charge in [0, 0.05) is 54.5 Å². The Labute approximate surface area is 212 Å². The first kappa shape index (κ1) is 24.5. The van der Waals surface area contributed by atoms with Gasteiger partial charge in [0.2, 0.25) is 5.92 Å². The second kappa shape index (κ2) is 8.74. The highest BCUT2D eigenvalue weighted by Gasteiger charge is 2.40. The number of aromatic nitrogens is 5. The predicted octanol–water partition coefficient (Wildman–Crippen LogP) is 4.72. The monoisotopic (exact) mass is 512 g/mol. The largest absolute Gasteiger partial charge is 0.374 e. The maximum absolute atomic E-state index is 14.2. The molecule has 1 aromatic carbocycles. The van der Waals surface area contributed by atoms with Crippen LogP contribution in [0.3, 0.4) is 0 Å². The Hall–Kier alpha value is -3.17. The molecule has 1 aliphatic rings. The first-order valence-corrected chi connectivity index (χ1v) is 12.1. The standard InChI is InChI=1S/C26H27ClF2N6O/c1-15-6-8-20(16(2)31-15)26(36,22-14-30-33-34(22)4)17-7-9-21-18(12-17)23(35-10-5-11-35)19(24(27)32-21)13-25(3,28)29/h6-9,12,14,36H,5,10-11,13H2,1-4H3. The van der Waals surface area contributed by atoms with Crippen LogP contribution in [0.2, 0.25) is 5.15 Å². The van der Waals surface area contributed by atoms with Crippen LogP contribution in [0, 0.1) is 13.8 Å². The highest BCUT2D eigenvalue weighted by atomic mass is 35.5. The summed E-state index contributed by atoms with van der Waals surface area (Å²) >= 11 is 6.45. The zero-order valence-electron chi connectivity index (χ0n) is 20.6. The lowest BCUT2D eigenvalue weighted by molar-refractivity contribution is 0.0226. The Morgan fingerprint density at radius 2 is 1.86 bits per heavy atom. The van der Waals surface area contributed by atoms with E-state index < -0.39 is 17.9 Å². The normalized spacial score (nSPS) is 15.7. The second-order valence-corrected chi connectivity index (χ2v) is 9.95. The molecule has 7 nitrogen and oxygen atoms in total. The molecule has 3 aromatic heterocycles. The quantitative estimate of drug-likeness (QED) is 0.377. The first-order valence-electron chi connectivity index (χ1n) is 11.8. The van der Waals surface area contributed by atoms with E-state index in [9.17, 15) is 13.9 Å². The average molecular weight is 513 g/mol. The topological polar surface area (TPSA) is 80.0 Å². The molecule has 0 amide bonds. The van der Waals surface area contributed by atoms with Gasteiger partial charge in [-0.15, -0.1) is 5.10 Å². The molecule has 1 fully saturated rings. The number of benzene rings is 1. The molecule has 1 saturated heterocycles. The number of hydrogen-bond acceptors (Lipinski definition) is 6. The summed E-state index contributed by atoms with van der Waals surface area (Å²) in [5.41, 5.74) is 2.89. The number of fused-ring (bicyclic) bond motifs is 1. The van der Waals surface area contributed by atoms with Gasteiger partial charge in [-0.1, -0.05) is 28.9 Å². The fourth-order valence-electron chi connectivity index (χ4n) is 4.98. The van der Waals surface area contributed by atoms with E-state index in [0.717, 1.165) is 32.1 Å². The SMILES string of the molecule is Cc1ccc(C(O)(c2ccc3nc(Cl)c(CC(C)(F)F)c(N4CCC4)c3c2)c2cnnn2C)c(C)n1. The maximum Gasteiger partial charge on any atom is 0.249 e. The van der Waals surface area contributed by atoms with E-state index in [4.69, 9.17) is 11.6 Å². The minimum atomic E-state index is -2.96. The Morgan fingerprint density at radius 1 is 1.11 bits per heavy atom. The summed E-state index contributed by atoms with van der Waals surface area (Å²) in [6.07, 6.45) is 1.95. The average Bonchev–Trinajstić information content (AvgIpc) is 3.19. The highest BCUT2D eigenvalue weighted by molar-refractivity contribution is 6.31. The molecule has 5 rings (SSSR count). The molecule has 1 atom stereocenters. The first-order chi connectivity index (χ1) is 17.0. The predicted molar refractivity (Wildman–Crippen MR) is 135 cm³/mol. The van der Waals surface area contributed by atoms with E-state index in [-0.39, 0.29) is 5.15 Å². The van der Waals surface area contributed by atoms with Crippen molar-refractivity contribution in [1.82, 2.24) is 25.0 Å². The van der Waals surface area contributed by atoms with E-state index in [2.05, 4.69) is 20.3 Å². The molecule has 1 N–H and O–H groups in total. The fraction of sp³-hybridized carbons (Fsp3) is 0.385. The van der Waals surface area contributed by atoms with Crippen molar-refractivity contribution in [2.24, 2.45) is 7.05 Å². The summed E-state index contributed by atoms with van der Waals surface area (Å²) in [4.78, 5) is 11.1. The van der Waals surface area contributed by atoms with Crippen molar-refractivity contribution >= 4 is 28.2 Å². The Balaban J connectivity index is 1.81. The van der Waals surface area contributed by atoms with Crippen LogP contribution in [0.5, 0.6) is 0 Å². The van der Waals surface area contributed by atoms with E-state index >= 15 is 0 Å². The second-order valence-electron chi connectivity index (χ2n) is 9.59. The van der Waals surface area contributed by atoms with Gasteiger partial charge in [-0.3, -0.25) is 4.98 Å². The number of anilines is 1. The van der Waals surface area contributed by atoms with Crippen LogP contribution in [0.1, 0.15) is 47.1 Å². The third-order valence-electron chi connectivity index (χ3n) is 6.78. The number of hydrogen-bond donors (Lipinski definition) is 1. The minimum absolute atomic E-state index is 0.0725. The summed E-state index contributed by atoms with van der Waals surface area (Å²) < 4.78 is 29.9. The van der Waals surface area contributed by atoms with Gasteiger partial charge in [0.25, 0.3) is 0 Å². The van der Waals surface area contributed by atoms with Gasteiger partial charge >= 0.3 is 0 Å². The highest BCUT2D eigenvalue weighted by Crippen LogP contribution is 2.43. The molecule has 1 unspecified atom stereocenters. The van der Waals surface area contributed by atoms with Crippen molar-refractivity contribution in [3.63, 3.8) is 0 Å². The molecule has 4 heterocycles. The molecule has 4 aromatic rings. The molecule has 0 saturated carbocycles. The number of pyridine rings is 2. The molecule has 0 radical (unpaired) electrons. The van der Waals surface area contributed by atoms with Crippen LogP contribution in [0.25, 0.3) is 10.9 Å². The third kappa shape index (κ3) is 4.10. The van der Waals surface area contributed by atoms with E-state index in [0.29, 0.717) is 44.7 Å². The van der Waals surface area contributed by atoms with Crippen LogP contribution >= 0.6 is 11.6 Å². The van der Waals surface area contributed by atoms with Gasteiger partial charge in [-0.2, -0.15) is 0 Å². The van der Waals surface area contributed by atoms with Gasteiger partial charge in [0.15, 0.2) is 5.60 Å². The zero-order valence-corrected chi connectivity index (χ0v) is 21.3. The van der Waals surface area contributed by atoms with Crippen LogP contribution in [0.4, 0.5) is 14.5 Å². The van der Waals surface area contributed by atoms with Crippen molar-refractivity contribution in [2.45, 2.75) is 45.1 Å². The number of alkyl halides is 2. The van der Waals surface area contributed by atoms with Gasteiger partial charge in [-0.05, 0) is 51.0 Å². The van der Waals surface area contributed by atoms with Crippen LogP contribution in [0.15, 0.2) is 36.5 Å². The summed E-state index contributed by atoms with van der Waals surface area (Å²) in [6, 6.07) is 9.03. The number of halogens is 3. The van der Waals surface area contributed by atoms with Gasteiger partial charge in [0.1, 0.15) is 5.15 Å². The number of rotatable bonds is 6. The molecule has 0 bridgehead atoms. The lowest BCUT2D eigenvalue weighted by atomic mass is 9.82. The molecule has 188 valence electrons. The smallest absolute Gasteiger partial charge is 0.249 e. The van der Waals surface area contributed by atoms with E-state index in [1.165, 1.54) is 10.9 Å². The molecule has 0 aliphatic carbocycles. The van der Waals surface area contributed by atoms with Gasteiger partial charge < -0.3 is 10.0 Å². The van der Waals surface area contributed by atoms with Crippen molar-refractivity contribution in [2.75, 3.05) is 18.0 Å². The lowest BCUT2D eigenvalue weighted by Gasteiger charge is -2.37. The summed E-state index contributed by atoms with van der Waals surface area (Å²) in [7, 11) is 1.71. The number of nitrogens with zero attached hydrogens (tertiary/aromatic N) is 6. The Morgan fingerprint density at radius 3 is 2.44 bits per heavy atom. The Bertz CT molecular complexity index is 1460. The van der Waals surface area contributed by atoms with Crippen molar-refractivity contribution in [3.05, 3.63) is 75.5 Å². The molecule has 0 spiro atoms. The summed E-state index contributed by atoms with van der Waals surface area (Å²) in [6.45, 7) is 6.08. The number of aryl methyl sites for hydroxylation is 3. The van der Waals surface area contributed by atoms with Crippen LogP contribution in [-0.4, -0.2) is 49.1 Å². The van der Waals surface area contributed by atoms with Crippen LogP contribution in [-0.2, 0) is 19.1 Å². The third-order valence-corrected chi connectivity index (χ3v) is 7.10. The fourth-order valence-corrected chi connectivity index (χ4v) is 5.22. The van der Waals surface area contributed by atoms with Crippen molar-refractivity contribution in [1.29, 1.82) is 0 Å². The number of aliphatic hydroxyl groups is 1. The van der Waals surface area contributed by atoms with E-state index in [1.54, 1.807) is 19.2 Å². The molecular formula is C26H27ClF2N6O. The van der Waals surface area contributed by atoms with Crippen molar-refractivity contribution < 1.29 is 13.9 Å². The van der Waals surface area contributed by atoms with E-state index in [1.807, 2.05) is 36.9 Å². The molecular weight excluding hydrogens is 486 g/mol. The molecule has 10 heteroatoms. The molecule has 1 aliphatic heterocycles. The summed E-state index contributed by atoms with van der Waals surface area (Å²) in [5, 5.41) is 21.2. The lowest BCUT2D eigenvalue weighted by Crippen LogP contribution is -2.38.